The first-order chi connectivity index (χ1) is 20.8. The lowest BCUT2D eigenvalue weighted by Gasteiger charge is -2.39. The number of pyridine rings is 1. The van der Waals surface area contributed by atoms with Crippen molar-refractivity contribution in [3.8, 4) is 17.4 Å². The Hall–Kier alpha value is -3.53. The molecule has 2 heterocycles. The summed E-state index contributed by atoms with van der Waals surface area (Å²) in [6.45, 7) is 2.51. The maximum Gasteiger partial charge on any atom is 0.217 e. The zero-order valence-electron chi connectivity index (χ0n) is 25.5. The molecule has 1 aliphatic heterocycles. The zero-order valence-corrected chi connectivity index (χ0v) is 26.3. The molecule has 0 bridgehead atoms. The number of hydrogen-bond acceptors (Lipinski definition) is 8. The van der Waals surface area contributed by atoms with Crippen LogP contribution in [0.3, 0.4) is 0 Å². The fourth-order valence-corrected chi connectivity index (χ4v) is 6.88. The van der Waals surface area contributed by atoms with Gasteiger partial charge >= 0.3 is 0 Å². The van der Waals surface area contributed by atoms with Gasteiger partial charge in [-0.05, 0) is 68.5 Å². The molecule has 3 aromatic carbocycles. The van der Waals surface area contributed by atoms with E-state index in [9.17, 15) is 9.50 Å². The van der Waals surface area contributed by atoms with Crippen molar-refractivity contribution in [3.05, 3.63) is 89.2 Å². The third-order valence-electron chi connectivity index (χ3n) is 8.16. The van der Waals surface area contributed by atoms with E-state index in [0.29, 0.717) is 47.0 Å². The van der Waals surface area contributed by atoms with Gasteiger partial charge in [0, 0.05) is 53.3 Å². The summed E-state index contributed by atoms with van der Waals surface area (Å²) < 4.78 is 32.3. The normalized spacial score (nSPS) is 15.8. The number of fused-ring (bicyclic) bond motifs is 1. The van der Waals surface area contributed by atoms with Crippen molar-refractivity contribution >= 4 is 28.4 Å². The number of benzene rings is 3. The summed E-state index contributed by atoms with van der Waals surface area (Å²) in [6.07, 6.45) is 0.293. The van der Waals surface area contributed by atoms with Gasteiger partial charge in [0.1, 0.15) is 11.4 Å². The van der Waals surface area contributed by atoms with E-state index in [1.807, 2.05) is 61.1 Å². The number of thioether (sulfide) groups is 1. The van der Waals surface area contributed by atoms with E-state index in [0.717, 1.165) is 41.2 Å². The highest BCUT2D eigenvalue weighted by Crippen LogP contribution is 2.51. The second-order valence-electron chi connectivity index (χ2n) is 11.1. The van der Waals surface area contributed by atoms with Crippen molar-refractivity contribution in [1.82, 2.24) is 9.88 Å². The van der Waals surface area contributed by atoms with Crippen LogP contribution in [-0.4, -0.2) is 81.6 Å². The highest BCUT2D eigenvalue weighted by atomic mass is 32.2. The minimum atomic E-state index is -1.59. The molecule has 1 aliphatic rings. The molecule has 7 nitrogen and oxygen atoms in total. The fraction of sp³-hybridized carbons (Fsp3) is 0.382. The number of para-hydroxylation sites is 1. The smallest absolute Gasteiger partial charge is 0.217 e. The van der Waals surface area contributed by atoms with Gasteiger partial charge in [-0.15, -0.1) is 0 Å². The quantitative estimate of drug-likeness (QED) is 0.226. The first-order valence-electron chi connectivity index (χ1n) is 14.4. The second kappa shape index (κ2) is 13.4. The predicted octanol–water partition coefficient (Wildman–Crippen LogP) is 5.92. The third kappa shape index (κ3) is 6.39. The Morgan fingerprint density at radius 3 is 2.40 bits per heavy atom. The van der Waals surface area contributed by atoms with Gasteiger partial charge in [0.05, 0.1) is 32.8 Å². The lowest BCUT2D eigenvalue weighted by atomic mass is 9.71. The molecular weight excluding hydrogens is 565 g/mol. The van der Waals surface area contributed by atoms with Crippen LogP contribution >= 0.6 is 11.8 Å². The molecule has 0 spiro atoms. The molecule has 228 valence electrons. The molecule has 0 aliphatic carbocycles. The van der Waals surface area contributed by atoms with Crippen molar-refractivity contribution in [2.24, 2.45) is 0 Å². The average molecular weight is 606 g/mol. The van der Waals surface area contributed by atoms with Gasteiger partial charge < -0.3 is 29.1 Å². The number of aliphatic hydroxyl groups is 1. The first-order valence-corrected chi connectivity index (χ1v) is 15.6. The van der Waals surface area contributed by atoms with Crippen molar-refractivity contribution in [1.29, 1.82) is 0 Å². The molecule has 0 saturated carbocycles. The number of rotatable bonds is 11. The molecule has 43 heavy (non-hydrogen) atoms. The van der Waals surface area contributed by atoms with Crippen LogP contribution in [0.15, 0.2) is 66.7 Å². The van der Waals surface area contributed by atoms with E-state index in [-0.39, 0.29) is 0 Å². The largest absolute Gasteiger partial charge is 0.493 e. The van der Waals surface area contributed by atoms with Gasteiger partial charge in [0.15, 0.2) is 11.5 Å². The summed E-state index contributed by atoms with van der Waals surface area (Å²) in [7, 11) is 8.65. The van der Waals surface area contributed by atoms with Crippen LogP contribution < -0.4 is 19.1 Å². The number of anilines is 1. The van der Waals surface area contributed by atoms with Crippen LogP contribution in [0.4, 0.5) is 10.1 Å². The van der Waals surface area contributed by atoms with Crippen LogP contribution in [-0.2, 0) is 5.60 Å². The Morgan fingerprint density at radius 2 is 1.72 bits per heavy atom. The minimum Gasteiger partial charge on any atom is -0.493 e. The van der Waals surface area contributed by atoms with Crippen LogP contribution in [0.2, 0.25) is 0 Å². The lowest BCUT2D eigenvalue weighted by Crippen LogP contribution is -2.38. The Bertz CT molecular complexity index is 1560. The molecule has 1 saturated heterocycles. The third-order valence-corrected chi connectivity index (χ3v) is 9.10. The van der Waals surface area contributed by atoms with Crippen LogP contribution in [0.1, 0.15) is 29.0 Å². The van der Waals surface area contributed by atoms with E-state index >= 15 is 0 Å². The van der Waals surface area contributed by atoms with Crippen LogP contribution in [0.5, 0.6) is 17.4 Å². The molecule has 1 aromatic heterocycles. The summed E-state index contributed by atoms with van der Waals surface area (Å²) >= 11 is 1.97. The summed E-state index contributed by atoms with van der Waals surface area (Å²) in [5.41, 5.74) is 2.13. The number of nitrogens with zero attached hydrogens (tertiary/aromatic N) is 3. The highest BCUT2D eigenvalue weighted by Gasteiger charge is 2.44. The Balaban J connectivity index is 1.80. The first kappa shape index (κ1) is 30.9. The monoisotopic (exact) mass is 605 g/mol. The number of halogens is 1. The van der Waals surface area contributed by atoms with Crippen molar-refractivity contribution < 1.29 is 23.7 Å². The van der Waals surface area contributed by atoms with E-state index in [1.165, 1.54) is 12.1 Å². The molecule has 9 heteroatoms. The Kier molecular flexibility index (Phi) is 9.64. The zero-order chi connectivity index (χ0) is 30.6. The van der Waals surface area contributed by atoms with E-state index in [4.69, 9.17) is 19.2 Å². The number of ether oxygens (including phenoxy) is 3. The highest BCUT2D eigenvalue weighted by molar-refractivity contribution is 7.99. The van der Waals surface area contributed by atoms with Crippen molar-refractivity contribution in [2.45, 2.75) is 17.9 Å². The summed E-state index contributed by atoms with van der Waals surface area (Å²) in [4.78, 5) is 9.33. The van der Waals surface area contributed by atoms with Crippen LogP contribution in [0, 0.1) is 5.82 Å². The molecule has 0 amide bonds. The summed E-state index contributed by atoms with van der Waals surface area (Å²) in [6, 6.07) is 20.1. The Labute approximate surface area is 257 Å². The number of aromatic nitrogens is 1. The van der Waals surface area contributed by atoms with Crippen molar-refractivity contribution in [3.63, 3.8) is 0 Å². The topological polar surface area (TPSA) is 67.3 Å². The summed E-state index contributed by atoms with van der Waals surface area (Å²) in [5.74, 6) is 2.38. The SMILES string of the molecule is COc1cccc([C@H](c2cc3cc(N4CCSCC4)ccc3nc2OC)[C@@](O)(CCN(C)C)c2cccc(F)c2)c1OC. The Morgan fingerprint density at radius 1 is 0.953 bits per heavy atom. The van der Waals surface area contributed by atoms with Gasteiger partial charge in [-0.2, -0.15) is 11.8 Å². The molecule has 0 unspecified atom stereocenters. The van der Waals surface area contributed by atoms with Gasteiger partial charge in [0.2, 0.25) is 5.88 Å². The molecule has 0 radical (unpaired) electrons. The van der Waals surface area contributed by atoms with Gasteiger partial charge in [-0.1, -0.05) is 24.3 Å². The predicted molar refractivity (Wildman–Crippen MR) is 173 cm³/mol. The van der Waals surface area contributed by atoms with Crippen molar-refractivity contribution in [2.75, 3.05) is 71.5 Å². The molecule has 1 N–H and O–H groups in total. The van der Waals surface area contributed by atoms with Gasteiger partial charge in [-0.3, -0.25) is 0 Å². The lowest BCUT2D eigenvalue weighted by molar-refractivity contribution is 0.00290. The molecule has 2 atom stereocenters. The maximum absolute atomic E-state index is 14.8. The van der Waals surface area contributed by atoms with E-state index < -0.39 is 17.3 Å². The number of hydrogen-bond donors (Lipinski definition) is 1. The molecule has 1 fully saturated rings. The minimum absolute atomic E-state index is 0.293. The fourth-order valence-electron chi connectivity index (χ4n) is 5.98. The average Bonchev–Trinajstić information content (AvgIpc) is 3.03. The van der Waals surface area contributed by atoms with E-state index in [2.05, 4.69) is 17.0 Å². The maximum atomic E-state index is 14.8. The van der Waals surface area contributed by atoms with Crippen LogP contribution in [0.25, 0.3) is 10.9 Å². The molecular formula is C34H40FN3O4S. The van der Waals surface area contributed by atoms with Gasteiger partial charge in [0.25, 0.3) is 0 Å². The molecule has 5 rings (SSSR count). The second-order valence-corrected chi connectivity index (χ2v) is 12.3. The molecule has 4 aromatic rings. The summed E-state index contributed by atoms with van der Waals surface area (Å²) in [5, 5.41) is 13.9. The standard InChI is InChI=1S/C34H40FN3O4S/c1-37(2)15-14-34(39,24-8-6-9-25(35)22-24)31(27-10-7-11-30(40-3)32(27)41-4)28-21-23-20-26(38-16-18-43-19-17-38)12-13-29(23)36-33(28)42-5/h6-13,20-22,31,39H,14-19H2,1-5H3/t31-,34-/m1/s1. The number of methoxy groups -OCH3 is 3. The van der Waals surface area contributed by atoms with E-state index in [1.54, 1.807) is 33.5 Å². The van der Waals surface area contributed by atoms with Gasteiger partial charge in [-0.25, -0.2) is 9.37 Å².